The summed E-state index contributed by atoms with van der Waals surface area (Å²) in [7, 11) is -1.19. The highest BCUT2D eigenvalue weighted by molar-refractivity contribution is 7.85. The van der Waals surface area contributed by atoms with Gasteiger partial charge in [0.05, 0.1) is 5.69 Å². The quantitative estimate of drug-likeness (QED) is 0.723. The summed E-state index contributed by atoms with van der Waals surface area (Å²) in [5.74, 6) is -0.00213. The molecule has 0 saturated carbocycles. The molecular formula is C7H8ClNO2S. The summed E-state index contributed by atoms with van der Waals surface area (Å²) in [5.41, 5.74) is 0.417. The van der Waals surface area contributed by atoms with E-state index in [4.69, 9.17) is 11.6 Å². The number of halogens is 1. The van der Waals surface area contributed by atoms with Gasteiger partial charge in [0.1, 0.15) is 16.7 Å². The molecule has 1 rings (SSSR count). The number of phenols is 1. The molecule has 1 atom stereocenters. The lowest BCUT2D eigenvalue weighted by Gasteiger charge is -2.04. The fourth-order valence-corrected chi connectivity index (χ4v) is 1.39. The van der Waals surface area contributed by atoms with E-state index in [0.29, 0.717) is 10.7 Å². The first-order chi connectivity index (χ1) is 5.59. The molecule has 1 unspecified atom stereocenters. The van der Waals surface area contributed by atoms with E-state index in [9.17, 15) is 9.32 Å². The van der Waals surface area contributed by atoms with Crippen molar-refractivity contribution in [2.75, 3.05) is 11.0 Å². The minimum absolute atomic E-state index is 0.00213. The molecule has 3 nitrogen and oxygen atoms in total. The van der Waals surface area contributed by atoms with Crippen LogP contribution >= 0.6 is 11.6 Å². The van der Waals surface area contributed by atoms with Crippen LogP contribution in [0.4, 0.5) is 5.69 Å². The number of hydrogen-bond donors (Lipinski definition) is 2. The van der Waals surface area contributed by atoms with Crippen LogP contribution in [0.15, 0.2) is 18.2 Å². The lowest BCUT2D eigenvalue weighted by molar-refractivity contribution is 0.478. The predicted octanol–water partition coefficient (Wildman–Crippen LogP) is 1.75. The number of benzene rings is 1. The highest BCUT2D eigenvalue weighted by Gasteiger charge is 2.01. The summed E-state index contributed by atoms with van der Waals surface area (Å²) in [5, 5.41) is 9.70. The molecule has 1 aromatic carbocycles. The molecular weight excluding hydrogens is 198 g/mol. The highest BCUT2D eigenvalue weighted by atomic mass is 35.5. The average molecular weight is 206 g/mol. The van der Waals surface area contributed by atoms with Crippen LogP contribution in [0.1, 0.15) is 0 Å². The van der Waals surface area contributed by atoms with Gasteiger partial charge >= 0.3 is 0 Å². The maximum absolute atomic E-state index is 10.7. The number of anilines is 1. The normalized spacial score (nSPS) is 12.5. The zero-order valence-electron chi connectivity index (χ0n) is 6.37. The van der Waals surface area contributed by atoms with E-state index in [1.54, 1.807) is 12.1 Å². The third kappa shape index (κ3) is 2.39. The summed E-state index contributed by atoms with van der Waals surface area (Å²) in [6, 6.07) is 4.56. The van der Waals surface area contributed by atoms with E-state index in [2.05, 4.69) is 4.72 Å². The molecule has 0 aliphatic carbocycles. The van der Waals surface area contributed by atoms with E-state index in [0.717, 1.165) is 0 Å². The maximum Gasteiger partial charge on any atom is 0.141 e. The molecule has 0 aromatic heterocycles. The Bertz CT molecular complexity index is 316. The number of phenolic OH excluding ortho intramolecular Hbond substituents is 1. The second-order valence-electron chi connectivity index (χ2n) is 2.22. The molecule has 0 saturated heterocycles. The smallest absolute Gasteiger partial charge is 0.141 e. The van der Waals surface area contributed by atoms with Crippen LogP contribution in [0.5, 0.6) is 5.75 Å². The van der Waals surface area contributed by atoms with Gasteiger partial charge in [-0.25, -0.2) is 4.21 Å². The first-order valence-electron chi connectivity index (χ1n) is 3.18. The summed E-state index contributed by atoms with van der Waals surface area (Å²) < 4.78 is 13.3. The molecule has 0 amide bonds. The molecule has 1 aromatic rings. The minimum atomic E-state index is -1.19. The monoisotopic (exact) mass is 205 g/mol. The van der Waals surface area contributed by atoms with E-state index < -0.39 is 11.0 Å². The van der Waals surface area contributed by atoms with Crippen molar-refractivity contribution < 1.29 is 9.32 Å². The summed E-state index contributed by atoms with van der Waals surface area (Å²) in [6.45, 7) is 0. The molecule has 0 aliphatic heterocycles. The molecule has 2 N–H and O–H groups in total. The molecule has 0 spiro atoms. The first kappa shape index (κ1) is 9.35. The van der Waals surface area contributed by atoms with Crippen molar-refractivity contribution in [3.63, 3.8) is 0 Å². The van der Waals surface area contributed by atoms with Crippen molar-refractivity contribution in [1.82, 2.24) is 0 Å². The topological polar surface area (TPSA) is 49.3 Å². The van der Waals surface area contributed by atoms with Crippen LogP contribution in [0.25, 0.3) is 0 Å². The molecule has 0 heterocycles. The van der Waals surface area contributed by atoms with E-state index >= 15 is 0 Å². The summed E-state index contributed by atoms with van der Waals surface area (Å²) >= 11 is 5.59. The highest BCUT2D eigenvalue weighted by Crippen LogP contribution is 2.26. The number of nitrogens with one attached hydrogen (secondary N) is 1. The van der Waals surface area contributed by atoms with Gasteiger partial charge in [-0.2, -0.15) is 0 Å². The van der Waals surface area contributed by atoms with E-state index in [-0.39, 0.29) is 5.75 Å². The van der Waals surface area contributed by atoms with Crippen LogP contribution < -0.4 is 4.72 Å². The lowest BCUT2D eigenvalue weighted by atomic mass is 10.3. The Balaban J connectivity index is 2.93. The van der Waals surface area contributed by atoms with Crippen molar-refractivity contribution >= 4 is 28.3 Å². The second-order valence-corrected chi connectivity index (χ2v) is 3.77. The predicted molar refractivity (Wildman–Crippen MR) is 50.8 cm³/mol. The molecule has 0 bridgehead atoms. The van der Waals surface area contributed by atoms with Gasteiger partial charge in [0.2, 0.25) is 0 Å². The van der Waals surface area contributed by atoms with Crippen LogP contribution in [0.2, 0.25) is 5.02 Å². The zero-order valence-corrected chi connectivity index (χ0v) is 7.95. The first-order valence-corrected chi connectivity index (χ1v) is 5.12. The van der Waals surface area contributed by atoms with Gasteiger partial charge in [0.15, 0.2) is 0 Å². The fourth-order valence-electron chi connectivity index (χ4n) is 0.746. The maximum atomic E-state index is 10.7. The van der Waals surface area contributed by atoms with E-state index in [1.807, 2.05) is 0 Å². The molecule has 0 fully saturated rings. The summed E-state index contributed by atoms with van der Waals surface area (Å²) in [6.07, 6.45) is 1.48. The Labute approximate surface area is 78.0 Å². The van der Waals surface area contributed by atoms with Crippen LogP contribution in [-0.4, -0.2) is 15.6 Å². The van der Waals surface area contributed by atoms with Crippen molar-refractivity contribution in [2.24, 2.45) is 0 Å². The Morgan fingerprint density at radius 2 is 2.25 bits per heavy atom. The Kier molecular flexibility index (Phi) is 2.94. The van der Waals surface area contributed by atoms with Gasteiger partial charge in [-0.1, -0.05) is 11.6 Å². The molecule has 0 radical (unpaired) electrons. The van der Waals surface area contributed by atoms with Gasteiger partial charge < -0.3 is 9.83 Å². The molecule has 0 aliphatic rings. The largest absolute Gasteiger partial charge is 0.506 e. The van der Waals surface area contributed by atoms with Gasteiger partial charge in [-0.15, -0.1) is 0 Å². The van der Waals surface area contributed by atoms with Gasteiger partial charge in [-0.3, -0.25) is 0 Å². The fraction of sp³-hybridized carbons (Fsp3) is 0.143. The number of hydrogen-bond acceptors (Lipinski definition) is 2. The van der Waals surface area contributed by atoms with E-state index in [1.165, 1.54) is 12.3 Å². The Morgan fingerprint density at radius 3 is 2.75 bits per heavy atom. The Hall–Kier alpha value is -0.740. The van der Waals surface area contributed by atoms with Crippen LogP contribution in [0, 0.1) is 0 Å². The molecule has 5 heteroatoms. The van der Waals surface area contributed by atoms with Gasteiger partial charge in [-0.05, 0) is 12.1 Å². The van der Waals surface area contributed by atoms with Gasteiger partial charge in [0.25, 0.3) is 0 Å². The minimum Gasteiger partial charge on any atom is -0.506 e. The number of aromatic hydroxyl groups is 1. The van der Waals surface area contributed by atoms with Crippen molar-refractivity contribution in [3.05, 3.63) is 23.2 Å². The third-order valence-corrected chi connectivity index (χ3v) is 1.96. The summed E-state index contributed by atoms with van der Waals surface area (Å²) in [4.78, 5) is 0. The molecule has 12 heavy (non-hydrogen) atoms. The van der Waals surface area contributed by atoms with Crippen molar-refractivity contribution in [1.29, 1.82) is 0 Å². The SMILES string of the molecule is CS(=O)Nc1ccc(Cl)cc1O. The van der Waals surface area contributed by atoms with Crippen LogP contribution in [0.3, 0.4) is 0 Å². The van der Waals surface area contributed by atoms with Crippen molar-refractivity contribution in [3.8, 4) is 5.75 Å². The molecule has 66 valence electrons. The Morgan fingerprint density at radius 1 is 1.58 bits per heavy atom. The number of rotatable bonds is 2. The van der Waals surface area contributed by atoms with Crippen molar-refractivity contribution in [2.45, 2.75) is 0 Å². The zero-order chi connectivity index (χ0) is 9.14. The van der Waals surface area contributed by atoms with Gasteiger partial charge in [0, 0.05) is 17.3 Å². The standard InChI is InChI=1S/C7H8ClNO2S/c1-12(11)9-6-3-2-5(8)4-7(6)10/h2-4,9-10H,1H3. The van der Waals surface area contributed by atoms with Crippen LogP contribution in [-0.2, 0) is 11.0 Å². The lowest BCUT2D eigenvalue weighted by Crippen LogP contribution is -2.00. The second kappa shape index (κ2) is 3.78. The average Bonchev–Trinajstić information content (AvgIpc) is 1.94. The third-order valence-electron chi connectivity index (χ3n) is 1.21.